The van der Waals surface area contributed by atoms with Gasteiger partial charge in [0.25, 0.3) is 5.91 Å². The van der Waals surface area contributed by atoms with E-state index in [-0.39, 0.29) is 17.7 Å². The predicted octanol–water partition coefficient (Wildman–Crippen LogP) is 2.74. The van der Waals surface area contributed by atoms with E-state index in [0.717, 1.165) is 36.9 Å². The number of ether oxygens (including phenoxy) is 1. The molecule has 1 aromatic heterocycles. The van der Waals surface area contributed by atoms with Crippen LogP contribution in [0.15, 0.2) is 60.8 Å². The maximum Gasteiger partial charge on any atom is 0.288 e. The fourth-order valence-corrected chi connectivity index (χ4v) is 3.58. The van der Waals surface area contributed by atoms with Gasteiger partial charge in [-0.1, -0.05) is 31.0 Å². The van der Waals surface area contributed by atoms with Gasteiger partial charge in [0.15, 0.2) is 5.75 Å². The van der Waals surface area contributed by atoms with Crippen LogP contribution in [0.1, 0.15) is 31.2 Å². The van der Waals surface area contributed by atoms with Gasteiger partial charge in [-0.05, 0) is 36.6 Å². The zero-order valence-corrected chi connectivity index (χ0v) is 15.0. The van der Waals surface area contributed by atoms with Crippen LogP contribution in [-0.4, -0.2) is 28.1 Å². The zero-order chi connectivity index (χ0) is 18.6. The third kappa shape index (κ3) is 3.95. The van der Waals surface area contributed by atoms with Gasteiger partial charge in [-0.3, -0.25) is 9.78 Å². The molecule has 1 aliphatic carbocycles. The average molecular weight is 365 g/mol. The van der Waals surface area contributed by atoms with Crippen LogP contribution in [0.3, 0.4) is 0 Å². The molecule has 4 rings (SSSR count). The molecule has 1 saturated carbocycles. The van der Waals surface area contributed by atoms with Gasteiger partial charge in [0.2, 0.25) is 5.76 Å². The summed E-state index contributed by atoms with van der Waals surface area (Å²) >= 11 is 0. The average Bonchev–Trinajstić information content (AvgIpc) is 2.70. The van der Waals surface area contributed by atoms with Crippen LogP contribution in [0.5, 0.6) is 5.75 Å². The third-order valence-corrected chi connectivity index (χ3v) is 5.01. The summed E-state index contributed by atoms with van der Waals surface area (Å²) in [5, 5.41) is 13.1. The number of nitrogens with zero attached hydrogens (tertiary/aromatic N) is 2. The molecular weight excluding hydrogens is 342 g/mol. The van der Waals surface area contributed by atoms with Crippen molar-refractivity contribution in [1.29, 1.82) is 0 Å². The monoisotopic (exact) mass is 365 g/mol. The smallest absolute Gasteiger partial charge is 0.288 e. The number of nitrogens with one attached hydrogen (secondary N) is 1. The molecule has 0 unspecified atom stereocenters. The van der Waals surface area contributed by atoms with Gasteiger partial charge in [0.1, 0.15) is 0 Å². The number of aliphatic hydroxyl groups is 1. The summed E-state index contributed by atoms with van der Waals surface area (Å²) in [4.78, 5) is 18.9. The number of fused-ring (bicyclic) bond motifs is 1. The van der Waals surface area contributed by atoms with Crippen LogP contribution < -0.4 is 15.0 Å². The second-order valence-corrected chi connectivity index (χ2v) is 6.98. The Balaban J connectivity index is 1.56. The molecule has 1 fully saturated rings. The molecular formula is C21H23N3O3. The number of hydrogen-bond donors (Lipinski definition) is 2. The van der Waals surface area contributed by atoms with Crippen LogP contribution >= 0.6 is 0 Å². The minimum absolute atomic E-state index is 0.223. The topological polar surface area (TPSA) is 74.7 Å². The lowest BCUT2D eigenvalue weighted by molar-refractivity contribution is -0.121. The molecule has 2 aromatic rings. The largest absolute Gasteiger partial charge is 0.448 e. The van der Waals surface area contributed by atoms with Crippen molar-refractivity contribution in [3.8, 4) is 5.75 Å². The van der Waals surface area contributed by atoms with E-state index in [0.29, 0.717) is 12.3 Å². The number of anilines is 1. The number of hydrogen-bond acceptors (Lipinski definition) is 5. The minimum atomic E-state index is -0.495. The molecule has 0 saturated heterocycles. The summed E-state index contributed by atoms with van der Waals surface area (Å²) in [6, 6.07) is 11.3. The zero-order valence-electron chi connectivity index (χ0n) is 15.0. The molecule has 0 bridgehead atoms. The van der Waals surface area contributed by atoms with Gasteiger partial charge in [-0.15, -0.1) is 0 Å². The van der Waals surface area contributed by atoms with E-state index in [9.17, 15) is 9.90 Å². The molecule has 1 aromatic carbocycles. The normalized spacial score (nSPS) is 21.7. The lowest BCUT2D eigenvalue weighted by atomic mass is 9.92. The van der Waals surface area contributed by atoms with Crippen molar-refractivity contribution in [2.75, 3.05) is 4.90 Å². The van der Waals surface area contributed by atoms with Crippen molar-refractivity contribution in [2.45, 2.75) is 44.4 Å². The van der Waals surface area contributed by atoms with E-state index in [4.69, 9.17) is 4.74 Å². The number of pyridine rings is 1. The summed E-state index contributed by atoms with van der Waals surface area (Å²) in [6.45, 7) is 0.580. The SMILES string of the molecule is O=C(N[C@H]1CCCC[C@@H]1O)C1=CN(Cc2cccnc2)c2ccccc2O1. The molecule has 2 heterocycles. The Morgan fingerprint density at radius 1 is 1.22 bits per heavy atom. The first-order valence-electron chi connectivity index (χ1n) is 9.34. The molecule has 0 spiro atoms. The summed E-state index contributed by atoms with van der Waals surface area (Å²) in [5.41, 5.74) is 1.93. The summed E-state index contributed by atoms with van der Waals surface area (Å²) in [5.74, 6) is 0.570. The summed E-state index contributed by atoms with van der Waals surface area (Å²) < 4.78 is 5.85. The maximum atomic E-state index is 12.8. The van der Waals surface area contributed by atoms with E-state index < -0.39 is 6.10 Å². The van der Waals surface area contributed by atoms with Crippen molar-refractivity contribution in [2.24, 2.45) is 0 Å². The summed E-state index contributed by atoms with van der Waals surface area (Å²) in [7, 11) is 0. The standard InChI is InChI=1S/C21H23N3O3/c25-18-9-3-1-7-16(18)23-21(26)20-14-24(13-15-6-5-11-22-12-15)17-8-2-4-10-19(17)27-20/h2,4-6,8,10-12,14,16,18,25H,1,3,7,9,13H2,(H,23,26)/t16-,18-/m0/s1. The van der Waals surface area contributed by atoms with E-state index in [1.54, 1.807) is 12.4 Å². The number of carbonyl (C=O) groups is 1. The van der Waals surface area contributed by atoms with Gasteiger partial charge in [-0.2, -0.15) is 0 Å². The molecule has 2 N–H and O–H groups in total. The van der Waals surface area contributed by atoms with Crippen molar-refractivity contribution < 1.29 is 14.6 Å². The fraction of sp³-hybridized carbons (Fsp3) is 0.333. The van der Waals surface area contributed by atoms with Crippen molar-refractivity contribution >= 4 is 11.6 Å². The van der Waals surface area contributed by atoms with Crippen LogP contribution in [-0.2, 0) is 11.3 Å². The Kier molecular flexibility index (Phi) is 5.07. The number of para-hydroxylation sites is 2. The predicted molar refractivity (Wildman–Crippen MR) is 102 cm³/mol. The van der Waals surface area contributed by atoms with E-state index in [2.05, 4.69) is 10.3 Å². The van der Waals surface area contributed by atoms with Crippen molar-refractivity contribution in [3.63, 3.8) is 0 Å². The number of amides is 1. The Labute approximate surface area is 158 Å². The fourth-order valence-electron chi connectivity index (χ4n) is 3.58. The van der Waals surface area contributed by atoms with Gasteiger partial charge < -0.3 is 20.1 Å². The van der Waals surface area contributed by atoms with Crippen LogP contribution in [0, 0.1) is 0 Å². The van der Waals surface area contributed by atoms with E-state index in [1.165, 1.54) is 0 Å². The van der Waals surface area contributed by atoms with Gasteiger partial charge in [-0.25, -0.2) is 0 Å². The second-order valence-electron chi connectivity index (χ2n) is 6.98. The Hall–Kier alpha value is -2.86. The number of benzene rings is 1. The quantitative estimate of drug-likeness (QED) is 0.871. The third-order valence-electron chi connectivity index (χ3n) is 5.01. The number of rotatable bonds is 4. The Bertz CT molecular complexity index is 838. The first kappa shape index (κ1) is 17.5. The van der Waals surface area contributed by atoms with Crippen molar-refractivity contribution in [3.05, 3.63) is 66.3 Å². The molecule has 2 atom stereocenters. The molecule has 0 radical (unpaired) electrons. The molecule has 6 nitrogen and oxygen atoms in total. The molecule has 27 heavy (non-hydrogen) atoms. The molecule has 6 heteroatoms. The van der Waals surface area contributed by atoms with Gasteiger partial charge in [0.05, 0.1) is 24.0 Å². The van der Waals surface area contributed by atoms with E-state index in [1.807, 2.05) is 47.5 Å². The van der Waals surface area contributed by atoms with Crippen LogP contribution in [0.25, 0.3) is 0 Å². The van der Waals surface area contributed by atoms with Crippen LogP contribution in [0.4, 0.5) is 5.69 Å². The first-order chi connectivity index (χ1) is 13.2. The summed E-state index contributed by atoms with van der Waals surface area (Å²) in [6.07, 6.45) is 8.30. The number of carbonyl (C=O) groups excluding carboxylic acids is 1. The number of aliphatic hydroxyl groups excluding tert-OH is 1. The lowest BCUT2D eigenvalue weighted by Crippen LogP contribution is -2.46. The van der Waals surface area contributed by atoms with Gasteiger partial charge in [0, 0.05) is 18.9 Å². The number of aromatic nitrogens is 1. The second kappa shape index (κ2) is 7.80. The maximum absolute atomic E-state index is 12.8. The molecule has 140 valence electrons. The van der Waals surface area contributed by atoms with Gasteiger partial charge >= 0.3 is 0 Å². The Morgan fingerprint density at radius 2 is 2.07 bits per heavy atom. The lowest BCUT2D eigenvalue weighted by Gasteiger charge is -2.31. The first-order valence-corrected chi connectivity index (χ1v) is 9.34. The highest BCUT2D eigenvalue weighted by molar-refractivity contribution is 5.93. The minimum Gasteiger partial charge on any atom is -0.448 e. The molecule has 2 aliphatic rings. The highest BCUT2D eigenvalue weighted by atomic mass is 16.5. The molecule has 1 aliphatic heterocycles. The highest BCUT2D eigenvalue weighted by Crippen LogP contribution is 2.35. The highest BCUT2D eigenvalue weighted by Gasteiger charge is 2.29. The van der Waals surface area contributed by atoms with Crippen LogP contribution in [0.2, 0.25) is 0 Å². The molecule has 1 amide bonds. The van der Waals surface area contributed by atoms with E-state index >= 15 is 0 Å². The van der Waals surface area contributed by atoms with Crippen molar-refractivity contribution in [1.82, 2.24) is 10.3 Å². The Morgan fingerprint density at radius 3 is 2.89 bits per heavy atom.